The average molecular weight is 231 g/mol. The van der Waals surface area contributed by atoms with Crippen molar-refractivity contribution < 1.29 is 0 Å². The minimum Gasteiger partial charge on any atom is -0.396 e. The number of hydrogen-bond acceptors (Lipinski definition) is 4. The number of nitrogens with two attached hydrogens (primary N) is 1. The van der Waals surface area contributed by atoms with E-state index in [0.29, 0.717) is 11.7 Å². The normalized spacial score (nSPS) is 22.1. The van der Waals surface area contributed by atoms with Crippen molar-refractivity contribution in [2.45, 2.75) is 25.3 Å². The summed E-state index contributed by atoms with van der Waals surface area (Å²) in [5.41, 5.74) is 8.32. The van der Waals surface area contributed by atoms with Crippen molar-refractivity contribution in [3.8, 4) is 0 Å². The van der Waals surface area contributed by atoms with E-state index in [1.165, 1.54) is 19.3 Å². The first-order chi connectivity index (χ1) is 8.24. The SMILES string of the molecule is CN1CCCCC1c1cc2ncc(N)cn2n1. The van der Waals surface area contributed by atoms with E-state index in [2.05, 4.69) is 28.1 Å². The molecule has 17 heavy (non-hydrogen) atoms. The lowest BCUT2D eigenvalue weighted by molar-refractivity contribution is 0.183. The molecule has 0 spiro atoms. The van der Waals surface area contributed by atoms with E-state index < -0.39 is 0 Å². The van der Waals surface area contributed by atoms with Gasteiger partial charge in [-0.05, 0) is 26.4 Å². The third kappa shape index (κ3) is 1.86. The number of aromatic nitrogens is 3. The molecule has 2 N–H and O–H groups in total. The molecular formula is C12H17N5. The predicted molar refractivity (Wildman–Crippen MR) is 66.6 cm³/mol. The molecule has 1 saturated heterocycles. The van der Waals surface area contributed by atoms with Gasteiger partial charge < -0.3 is 5.73 Å². The molecule has 90 valence electrons. The Hall–Kier alpha value is -1.62. The zero-order chi connectivity index (χ0) is 11.8. The summed E-state index contributed by atoms with van der Waals surface area (Å²) in [7, 11) is 2.16. The van der Waals surface area contributed by atoms with Gasteiger partial charge in [-0.15, -0.1) is 0 Å². The van der Waals surface area contributed by atoms with Gasteiger partial charge in [0.15, 0.2) is 5.65 Å². The molecule has 1 fully saturated rings. The van der Waals surface area contributed by atoms with Gasteiger partial charge in [-0.3, -0.25) is 4.90 Å². The summed E-state index contributed by atoms with van der Waals surface area (Å²) in [6.07, 6.45) is 7.22. The number of fused-ring (bicyclic) bond motifs is 1. The average Bonchev–Trinajstić information content (AvgIpc) is 2.72. The van der Waals surface area contributed by atoms with Crippen LogP contribution in [0.15, 0.2) is 18.5 Å². The van der Waals surface area contributed by atoms with Gasteiger partial charge >= 0.3 is 0 Å². The molecule has 0 aromatic carbocycles. The smallest absolute Gasteiger partial charge is 0.155 e. The van der Waals surface area contributed by atoms with Gasteiger partial charge in [-0.1, -0.05) is 6.42 Å². The van der Waals surface area contributed by atoms with E-state index in [1.54, 1.807) is 10.7 Å². The van der Waals surface area contributed by atoms with Gasteiger partial charge in [0.2, 0.25) is 0 Å². The van der Waals surface area contributed by atoms with Gasteiger partial charge in [0, 0.05) is 6.07 Å². The first-order valence-corrected chi connectivity index (χ1v) is 6.05. The fraction of sp³-hybridized carbons (Fsp3) is 0.500. The Balaban J connectivity index is 1.99. The molecule has 1 unspecified atom stereocenters. The first-order valence-electron chi connectivity index (χ1n) is 6.05. The van der Waals surface area contributed by atoms with Crippen LogP contribution < -0.4 is 5.73 Å². The first kappa shape index (κ1) is 10.5. The number of anilines is 1. The second-order valence-electron chi connectivity index (χ2n) is 4.75. The van der Waals surface area contributed by atoms with Crippen molar-refractivity contribution in [2.24, 2.45) is 0 Å². The lowest BCUT2D eigenvalue weighted by Gasteiger charge is -2.30. The van der Waals surface area contributed by atoms with Crippen LogP contribution in [0.1, 0.15) is 31.0 Å². The van der Waals surface area contributed by atoms with Gasteiger partial charge in [0.25, 0.3) is 0 Å². The quantitative estimate of drug-likeness (QED) is 0.807. The second kappa shape index (κ2) is 4.00. The van der Waals surface area contributed by atoms with Gasteiger partial charge in [-0.2, -0.15) is 5.10 Å². The van der Waals surface area contributed by atoms with Crippen LogP contribution in [0.2, 0.25) is 0 Å². The lowest BCUT2D eigenvalue weighted by Crippen LogP contribution is -2.29. The molecule has 2 aromatic heterocycles. The number of nitrogen functional groups attached to an aromatic ring is 1. The summed E-state index contributed by atoms with van der Waals surface area (Å²) in [5, 5.41) is 4.58. The van der Waals surface area contributed by atoms with Gasteiger partial charge in [0.05, 0.1) is 29.8 Å². The Bertz CT molecular complexity index is 533. The molecule has 1 aliphatic rings. The second-order valence-corrected chi connectivity index (χ2v) is 4.75. The van der Waals surface area contributed by atoms with Crippen LogP contribution in [0.5, 0.6) is 0 Å². The molecule has 0 amide bonds. The Morgan fingerprint density at radius 2 is 2.29 bits per heavy atom. The fourth-order valence-electron chi connectivity index (χ4n) is 2.52. The van der Waals surface area contributed by atoms with E-state index in [9.17, 15) is 0 Å². The van der Waals surface area contributed by atoms with Crippen LogP contribution in [0.25, 0.3) is 5.65 Å². The number of piperidine rings is 1. The molecule has 0 saturated carbocycles. The van der Waals surface area contributed by atoms with Crippen molar-refractivity contribution >= 4 is 11.3 Å². The highest BCUT2D eigenvalue weighted by atomic mass is 15.3. The highest BCUT2D eigenvalue weighted by molar-refractivity contribution is 5.45. The van der Waals surface area contributed by atoms with E-state index in [4.69, 9.17) is 5.73 Å². The Kier molecular flexibility index (Phi) is 2.48. The summed E-state index contributed by atoms with van der Waals surface area (Å²) in [6.45, 7) is 1.15. The molecule has 0 bridgehead atoms. The van der Waals surface area contributed by atoms with Crippen LogP contribution in [0, 0.1) is 0 Å². The fourth-order valence-corrected chi connectivity index (χ4v) is 2.52. The Morgan fingerprint density at radius 1 is 1.41 bits per heavy atom. The highest BCUT2D eigenvalue weighted by Crippen LogP contribution is 2.28. The van der Waals surface area contributed by atoms with Gasteiger partial charge in [-0.25, -0.2) is 9.50 Å². The molecule has 1 atom stereocenters. The van der Waals surface area contributed by atoms with Crippen LogP contribution >= 0.6 is 0 Å². The van der Waals surface area contributed by atoms with Crippen molar-refractivity contribution in [3.05, 3.63) is 24.2 Å². The molecule has 5 heteroatoms. The van der Waals surface area contributed by atoms with Gasteiger partial charge in [0.1, 0.15) is 0 Å². The summed E-state index contributed by atoms with van der Waals surface area (Å²) < 4.78 is 1.77. The maximum Gasteiger partial charge on any atom is 0.155 e. The topological polar surface area (TPSA) is 59.5 Å². The molecule has 3 heterocycles. The molecular weight excluding hydrogens is 214 g/mol. The van der Waals surface area contributed by atoms with E-state index in [0.717, 1.165) is 17.9 Å². The largest absolute Gasteiger partial charge is 0.396 e. The third-order valence-electron chi connectivity index (χ3n) is 3.46. The monoisotopic (exact) mass is 231 g/mol. The highest BCUT2D eigenvalue weighted by Gasteiger charge is 2.23. The standard InChI is InChI=1S/C12H17N5/c1-16-5-3-2-4-11(16)10-6-12-14-7-9(13)8-17(12)15-10/h6-8,11H,2-5,13H2,1H3. The zero-order valence-corrected chi connectivity index (χ0v) is 10.0. The van der Waals surface area contributed by atoms with Crippen molar-refractivity contribution in [1.82, 2.24) is 19.5 Å². The number of likely N-dealkylation sites (tertiary alicyclic amines) is 1. The lowest BCUT2D eigenvalue weighted by atomic mass is 10.0. The third-order valence-corrected chi connectivity index (χ3v) is 3.46. The Morgan fingerprint density at radius 3 is 3.12 bits per heavy atom. The van der Waals surface area contributed by atoms with Crippen molar-refractivity contribution in [1.29, 1.82) is 0 Å². The van der Waals surface area contributed by atoms with E-state index in [1.807, 2.05) is 6.20 Å². The van der Waals surface area contributed by atoms with Crippen LogP contribution in [0.3, 0.4) is 0 Å². The summed E-state index contributed by atoms with van der Waals surface area (Å²) in [4.78, 5) is 6.65. The minimum absolute atomic E-state index is 0.423. The van der Waals surface area contributed by atoms with Crippen LogP contribution in [-0.2, 0) is 0 Å². The predicted octanol–water partition coefficient (Wildman–Crippen LogP) is 1.47. The summed E-state index contributed by atoms with van der Waals surface area (Å²) in [5.74, 6) is 0. The Labute approximate surface area is 100 Å². The maximum absolute atomic E-state index is 5.71. The van der Waals surface area contributed by atoms with Crippen LogP contribution in [0.4, 0.5) is 5.69 Å². The summed E-state index contributed by atoms with van der Waals surface area (Å²) in [6, 6.07) is 2.48. The zero-order valence-electron chi connectivity index (χ0n) is 10.0. The number of hydrogen-bond donors (Lipinski definition) is 1. The van der Waals surface area contributed by atoms with Crippen molar-refractivity contribution in [3.63, 3.8) is 0 Å². The van der Waals surface area contributed by atoms with E-state index in [-0.39, 0.29) is 0 Å². The molecule has 2 aromatic rings. The molecule has 3 rings (SSSR count). The molecule has 0 aliphatic carbocycles. The van der Waals surface area contributed by atoms with Crippen LogP contribution in [-0.4, -0.2) is 33.1 Å². The molecule has 1 aliphatic heterocycles. The van der Waals surface area contributed by atoms with E-state index >= 15 is 0 Å². The van der Waals surface area contributed by atoms with Crippen molar-refractivity contribution in [2.75, 3.05) is 19.3 Å². The number of rotatable bonds is 1. The maximum atomic E-state index is 5.71. The number of nitrogens with zero attached hydrogens (tertiary/aromatic N) is 4. The summed E-state index contributed by atoms with van der Waals surface area (Å²) >= 11 is 0. The minimum atomic E-state index is 0.423. The molecule has 0 radical (unpaired) electrons. The molecule has 5 nitrogen and oxygen atoms in total.